The minimum Gasteiger partial charge on any atom is -0.326 e. The van der Waals surface area contributed by atoms with E-state index in [-0.39, 0.29) is 11.8 Å². The van der Waals surface area contributed by atoms with Crippen LogP contribution in [0.3, 0.4) is 0 Å². The van der Waals surface area contributed by atoms with Gasteiger partial charge in [0.1, 0.15) is 0 Å². The van der Waals surface area contributed by atoms with E-state index in [1.54, 1.807) is 0 Å². The normalized spacial score (nSPS) is 13.1. The van der Waals surface area contributed by atoms with E-state index in [4.69, 9.17) is 0 Å². The lowest BCUT2D eigenvalue weighted by Gasteiger charge is -2.31. The minimum atomic E-state index is -0.105. The molecule has 27 heavy (non-hydrogen) atoms. The second-order valence-electron chi connectivity index (χ2n) is 6.69. The first kappa shape index (κ1) is 17.1. The molecule has 2 amide bonds. The van der Waals surface area contributed by atoms with Gasteiger partial charge in [-0.15, -0.1) is 0 Å². The molecule has 136 valence electrons. The van der Waals surface area contributed by atoms with Crippen molar-refractivity contribution >= 4 is 23.2 Å². The van der Waals surface area contributed by atoms with E-state index in [2.05, 4.69) is 5.32 Å². The Bertz CT molecular complexity index is 993. The van der Waals surface area contributed by atoms with Crippen LogP contribution in [0.4, 0.5) is 11.4 Å². The van der Waals surface area contributed by atoms with Crippen LogP contribution in [-0.2, 0) is 11.2 Å². The van der Waals surface area contributed by atoms with Crippen molar-refractivity contribution in [2.45, 2.75) is 19.8 Å². The molecule has 0 unspecified atom stereocenters. The molecule has 1 aliphatic heterocycles. The molecular weight excluding hydrogens is 338 g/mol. The predicted octanol–water partition coefficient (Wildman–Crippen LogP) is 4.03. The number of carbonyl (C=O) groups excluding carboxylic acids is 2. The Kier molecular flexibility index (Phi) is 4.50. The molecule has 5 nitrogen and oxygen atoms in total. The number of nitrogens with one attached hydrogen (secondary N) is 1. The van der Waals surface area contributed by atoms with Crippen molar-refractivity contribution < 1.29 is 9.59 Å². The first-order chi connectivity index (χ1) is 13.1. The van der Waals surface area contributed by atoms with E-state index in [0.29, 0.717) is 12.1 Å². The molecule has 2 aromatic carbocycles. The molecule has 2 heterocycles. The molecule has 0 atom stereocenters. The molecule has 5 heteroatoms. The van der Waals surface area contributed by atoms with Gasteiger partial charge in [0.25, 0.3) is 5.91 Å². The lowest BCUT2D eigenvalue weighted by Crippen LogP contribution is -2.35. The van der Waals surface area contributed by atoms with Gasteiger partial charge in [-0.1, -0.05) is 12.1 Å². The summed E-state index contributed by atoms with van der Waals surface area (Å²) in [5, 5.41) is 2.88. The Morgan fingerprint density at radius 2 is 1.78 bits per heavy atom. The Balaban J connectivity index is 1.69. The molecule has 0 fully saturated rings. The number of hydrogen-bond acceptors (Lipinski definition) is 2. The van der Waals surface area contributed by atoms with Crippen molar-refractivity contribution in [3.8, 4) is 5.69 Å². The summed E-state index contributed by atoms with van der Waals surface area (Å²) in [5.74, 6) is -0.129. The second-order valence-corrected chi connectivity index (χ2v) is 6.69. The Morgan fingerprint density at radius 3 is 2.56 bits per heavy atom. The van der Waals surface area contributed by atoms with Crippen molar-refractivity contribution in [2.75, 3.05) is 16.8 Å². The van der Waals surface area contributed by atoms with Crippen LogP contribution in [0.2, 0.25) is 0 Å². The van der Waals surface area contributed by atoms with E-state index in [9.17, 15) is 9.59 Å². The first-order valence-electron chi connectivity index (χ1n) is 9.08. The fraction of sp³-hybridized carbons (Fsp3) is 0.182. The average Bonchev–Trinajstić information content (AvgIpc) is 3.22. The number of fused-ring (bicyclic) bond motifs is 1. The zero-order valence-corrected chi connectivity index (χ0v) is 15.2. The van der Waals surface area contributed by atoms with Crippen molar-refractivity contribution in [1.29, 1.82) is 0 Å². The molecule has 3 aromatic rings. The summed E-state index contributed by atoms with van der Waals surface area (Å²) >= 11 is 0. The third kappa shape index (κ3) is 3.36. The lowest BCUT2D eigenvalue weighted by molar-refractivity contribution is -0.114. The standard InChI is InChI=1S/C22H21N3O2/c1-16(26)23-20-10-5-11-21-19(20)9-6-14-25(21)22(27)17-7-4-8-18(15-17)24-12-2-3-13-24/h2-5,7-8,10-13,15H,6,9,14H2,1H3,(H,23,26). The first-order valence-corrected chi connectivity index (χ1v) is 9.08. The number of aromatic nitrogens is 1. The fourth-order valence-corrected chi connectivity index (χ4v) is 3.60. The van der Waals surface area contributed by atoms with Crippen LogP contribution in [0.25, 0.3) is 5.69 Å². The molecule has 4 rings (SSSR count). The van der Waals surface area contributed by atoms with Gasteiger partial charge in [-0.25, -0.2) is 0 Å². The smallest absolute Gasteiger partial charge is 0.258 e. The quantitative estimate of drug-likeness (QED) is 0.768. The molecule has 0 saturated carbocycles. The highest BCUT2D eigenvalue weighted by atomic mass is 16.2. The zero-order valence-electron chi connectivity index (χ0n) is 15.2. The number of anilines is 2. The van der Waals surface area contributed by atoms with Crippen LogP contribution >= 0.6 is 0 Å². The molecule has 0 saturated heterocycles. The highest BCUT2D eigenvalue weighted by molar-refractivity contribution is 6.07. The van der Waals surface area contributed by atoms with Crippen molar-refractivity contribution in [2.24, 2.45) is 0 Å². The highest BCUT2D eigenvalue weighted by Gasteiger charge is 2.25. The molecule has 1 aromatic heterocycles. The molecule has 0 aliphatic carbocycles. The van der Waals surface area contributed by atoms with Crippen LogP contribution in [0, 0.1) is 0 Å². The molecular formula is C22H21N3O2. The van der Waals surface area contributed by atoms with E-state index in [0.717, 1.165) is 35.5 Å². The minimum absolute atomic E-state index is 0.0232. The lowest BCUT2D eigenvalue weighted by atomic mass is 9.98. The number of hydrogen-bond donors (Lipinski definition) is 1. The fourth-order valence-electron chi connectivity index (χ4n) is 3.60. The van der Waals surface area contributed by atoms with Crippen LogP contribution in [0.1, 0.15) is 29.3 Å². The number of nitrogens with zero attached hydrogens (tertiary/aromatic N) is 2. The SMILES string of the molecule is CC(=O)Nc1cccc2c1CCCN2C(=O)c1cccc(-n2cccc2)c1. The maximum Gasteiger partial charge on any atom is 0.258 e. The summed E-state index contributed by atoms with van der Waals surface area (Å²) < 4.78 is 1.98. The third-order valence-electron chi connectivity index (χ3n) is 4.80. The predicted molar refractivity (Wildman–Crippen MR) is 107 cm³/mol. The number of amides is 2. The highest BCUT2D eigenvalue weighted by Crippen LogP contribution is 2.34. The molecule has 0 bridgehead atoms. The van der Waals surface area contributed by atoms with E-state index >= 15 is 0 Å². The van der Waals surface area contributed by atoms with E-state index in [1.165, 1.54) is 6.92 Å². The summed E-state index contributed by atoms with van der Waals surface area (Å²) in [7, 11) is 0. The monoisotopic (exact) mass is 359 g/mol. The maximum absolute atomic E-state index is 13.2. The number of rotatable bonds is 3. The van der Waals surface area contributed by atoms with Gasteiger partial charge < -0.3 is 14.8 Å². The summed E-state index contributed by atoms with van der Waals surface area (Å²) in [6.07, 6.45) is 5.63. The number of benzene rings is 2. The third-order valence-corrected chi connectivity index (χ3v) is 4.80. The van der Waals surface area contributed by atoms with Gasteiger partial charge in [-0.2, -0.15) is 0 Å². The summed E-state index contributed by atoms with van der Waals surface area (Å²) in [4.78, 5) is 26.6. The summed E-state index contributed by atoms with van der Waals surface area (Å²) in [5.41, 5.74) is 4.30. The number of carbonyl (C=O) groups is 2. The van der Waals surface area contributed by atoms with Crippen molar-refractivity contribution in [1.82, 2.24) is 4.57 Å². The van der Waals surface area contributed by atoms with Gasteiger partial charge in [0, 0.05) is 48.5 Å². The largest absolute Gasteiger partial charge is 0.326 e. The van der Waals surface area contributed by atoms with Gasteiger partial charge in [0.2, 0.25) is 5.91 Å². The Morgan fingerprint density at radius 1 is 1.00 bits per heavy atom. The van der Waals surface area contributed by atoms with Gasteiger partial charge in [0.15, 0.2) is 0 Å². The van der Waals surface area contributed by atoms with Crippen molar-refractivity contribution in [3.63, 3.8) is 0 Å². The second kappa shape index (κ2) is 7.11. The molecule has 1 aliphatic rings. The van der Waals surface area contributed by atoms with Gasteiger partial charge >= 0.3 is 0 Å². The molecule has 1 N–H and O–H groups in total. The van der Waals surface area contributed by atoms with E-state index in [1.807, 2.05) is 76.5 Å². The molecule has 0 spiro atoms. The molecule has 0 radical (unpaired) electrons. The zero-order chi connectivity index (χ0) is 18.8. The van der Waals surface area contributed by atoms with Crippen LogP contribution in [-0.4, -0.2) is 22.9 Å². The maximum atomic E-state index is 13.2. The van der Waals surface area contributed by atoms with Crippen molar-refractivity contribution in [3.05, 3.63) is 78.1 Å². The van der Waals surface area contributed by atoms with E-state index < -0.39 is 0 Å². The van der Waals surface area contributed by atoms with Crippen LogP contribution in [0.15, 0.2) is 67.0 Å². The summed E-state index contributed by atoms with van der Waals surface area (Å²) in [6.45, 7) is 2.17. The Labute approximate surface area is 158 Å². The topological polar surface area (TPSA) is 54.3 Å². The van der Waals surface area contributed by atoms with Gasteiger partial charge in [-0.05, 0) is 60.9 Å². The Hall–Kier alpha value is -3.34. The van der Waals surface area contributed by atoms with Gasteiger partial charge in [-0.3, -0.25) is 9.59 Å². The van der Waals surface area contributed by atoms with Crippen LogP contribution < -0.4 is 10.2 Å². The van der Waals surface area contributed by atoms with Crippen LogP contribution in [0.5, 0.6) is 0 Å². The average molecular weight is 359 g/mol. The summed E-state index contributed by atoms with van der Waals surface area (Å²) in [6, 6.07) is 17.3. The van der Waals surface area contributed by atoms with Gasteiger partial charge in [0.05, 0.1) is 0 Å².